The van der Waals surface area contributed by atoms with Crippen molar-refractivity contribution in [3.63, 3.8) is 0 Å². The van der Waals surface area contributed by atoms with Crippen molar-refractivity contribution in [2.45, 2.75) is 37.8 Å². The maximum Gasteiger partial charge on any atom is 0.0931 e. The Morgan fingerprint density at radius 1 is 1.44 bits per heavy atom. The minimum Gasteiger partial charge on any atom is -0.396 e. The Morgan fingerprint density at radius 2 is 2.33 bits per heavy atom. The first kappa shape index (κ1) is 13.5. The molecule has 0 aliphatic carbocycles. The zero-order valence-corrected chi connectivity index (χ0v) is 10.7. The van der Waals surface area contributed by atoms with Crippen LogP contribution in [0, 0.1) is 0 Å². The van der Waals surface area contributed by atoms with Crippen molar-refractivity contribution in [2.24, 2.45) is 0 Å². The molecule has 0 aromatic carbocycles. The summed E-state index contributed by atoms with van der Waals surface area (Å²) in [5, 5.41) is 19.3. The minimum absolute atomic E-state index is 0.226. The fourth-order valence-corrected chi connectivity index (χ4v) is 2.68. The first-order valence-corrected chi connectivity index (χ1v) is 6.74. The molecule has 0 saturated carbocycles. The molecule has 2 rings (SSSR count). The third-order valence-corrected chi connectivity index (χ3v) is 3.69. The number of aliphatic hydroxyl groups excluding tert-OH is 2. The minimum atomic E-state index is -0.488. The van der Waals surface area contributed by atoms with E-state index >= 15 is 0 Å². The standard InChI is InChI=1S/C14H22N2O2/c17-9-6-13-5-1-2-8-16(13)11-14(18)12-4-3-7-15-10-12/h3-4,7,10,13-14,17-18H,1-2,5-6,8-9,11H2. The number of piperidine rings is 1. The Labute approximate surface area is 108 Å². The van der Waals surface area contributed by atoms with Crippen LogP contribution in [0.15, 0.2) is 24.5 Å². The molecule has 0 radical (unpaired) electrons. The van der Waals surface area contributed by atoms with Crippen LogP contribution in [0.2, 0.25) is 0 Å². The lowest BCUT2D eigenvalue weighted by Gasteiger charge is -2.36. The van der Waals surface area contributed by atoms with E-state index in [-0.39, 0.29) is 6.61 Å². The molecule has 1 fully saturated rings. The molecular formula is C14H22N2O2. The van der Waals surface area contributed by atoms with Crippen LogP contribution in [0.3, 0.4) is 0 Å². The lowest BCUT2D eigenvalue weighted by Crippen LogP contribution is -2.42. The molecular weight excluding hydrogens is 228 g/mol. The molecule has 0 amide bonds. The van der Waals surface area contributed by atoms with E-state index in [4.69, 9.17) is 5.11 Å². The van der Waals surface area contributed by atoms with Gasteiger partial charge in [0.2, 0.25) is 0 Å². The molecule has 1 aromatic heterocycles. The predicted molar refractivity (Wildman–Crippen MR) is 70.1 cm³/mol. The maximum absolute atomic E-state index is 10.2. The molecule has 100 valence electrons. The van der Waals surface area contributed by atoms with Crippen molar-refractivity contribution >= 4 is 0 Å². The zero-order chi connectivity index (χ0) is 12.8. The van der Waals surface area contributed by atoms with Gasteiger partial charge in [0.15, 0.2) is 0 Å². The number of likely N-dealkylation sites (tertiary alicyclic amines) is 1. The van der Waals surface area contributed by atoms with Crippen LogP contribution in [-0.4, -0.2) is 45.8 Å². The third-order valence-electron chi connectivity index (χ3n) is 3.69. The van der Waals surface area contributed by atoms with E-state index in [2.05, 4.69) is 9.88 Å². The molecule has 18 heavy (non-hydrogen) atoms. The summed E-state index contributed by atoms with van der Waals surface area (Å²) in [6, 6.07) is 4.16. The zero-order valence-electron chi connectivity index (χ0n) is 10.7. The molecule has 2 atom stereocenters. The van der Waals surface area contributed by atoms with Gasteiger partial charge in [0.05, 0.1) is 6.10 Å². The number of aromatic nitrogens is 1. The van der Waals surface area contributed by atoms with Gasteiger partial charge in [-0.25, -0.2) is 0 Å². The van der Waals surface area contributed by atoms with Crippen LogP contribution in [-0.2, 0) is 0 Å². The summed E-state index contributed by atoms with van der Waals surface area (Å²) < 4.78 is 0. The number of nitrogens with zero attached hydrogens (tertiary/aromatic N) is 2. The average molecular weight is 250 g/mol. The van der Waals surface area contributed by atoms with Gasteiger partial charge in [-0.2, -0.15) is 0 Å². The van der Waals surface area contributed by atoms with Gasteiger partial charge in [-0.05, 0) is 31.9 Å². The number of hydrogen-bond acceptors (Lipinski definition) is 4. The molecule has 1 aliphatic heterocycles. The quantitative estimate of drug-likeness (QED) is 0.828. The molecule has 0 spiro atoms. The number of pyridine rings is 1. The second-order valence-corrected chi connectivity index (χ2v) is 4.96. The summed E-state index contributed by atoms with van der Waals surface area (Å²) in [7, 11) is 0. The normalized spacial score (nSPS) is 22.9. The van der Waals surface area contributed by atoms with Crippen LogP contribution >= 0.6 is 0 Å². The van der Waals surface area contributed by atoms with Gasteiger partial charge in [-0.3, -0.25) is 9.88 Å². The molecule has 1 aliphatic rings. The van der Waals surface area contributed by atoms with Gasteiger partial charge in [-0.1, -0.05) is 12.5 Å². The van der Waals surface area contributed by atoms with Crippen molar-refractivity contribution in [2.75, 3.05) is 19.7 Å². The van der Waals surface area contributed by atoms with Gasteiger partial charge in [-0.15, -0.1) is 0 Å². The van der Waals surface area contributed by atoms with Gasteiger partial charge in [0.25, 0.3) is 0 Å². The summed E-state index contributed by atoms with van der Waals surface area (Å²) in [4.78, 5) is 6.34. The third kappa shape index (κ3) is 3.51. The first-order chi connectivity index (χ1) is 8.81. The SMILES string of the molecule is OCCC1CCCCN1CC(O)c1cccnc1. The topological polar surface area (TPSA) is 56.6 Å². The number of β-amino-alcohol motifs (C(OH)–C–C–N with tert-alkyl or cyclic N) is 1. The number of hydrogen-bond donors (Lipinski definition) is 2. The van der Waals surface area contributed by atoms with E-state index < -0.39 is 6.10 Å². The number of aliphatic hydroxyl groups is 2. The highest BCUT2D eigenvalue weighted by Gasteiger charge is 2.24. The van der Waals surface area contributed by atoms with Gasteiger partial charge in [0.1, 0.15) is 0 Å². The van der Waals surface area contributed by atoms with Crippen molar-refractivity contribution < 1.29 is 10.2 Å². The monoisotopic (exact) mass is 250 g/mol. The summed E-state index contributed by atoms with van der Waals surface area (Å²) >= 11 is 0. The summed E-state index contributed by atoms with van der Waals surface area (Å²) in [5.74, 6) is 0. The first-order valence-electron chi connectivity index (χ1n) is 6.74. The summed E-state index contributed by atoms with van der Waals surface area (Å²) in [5.41, 5.74) is 0.867. The molecule has 4 heteroatoms. The van der Waals surface area contributed by atoms with Crippen molar-refractivity contribution in [3.8, 4) is 0 Å². The molecule has 2 unspecified atom stereocenters. The fraction of sp³-hybridized carbons (Fsp3) is 0.643. The Hall–Kier alpha value is -0.970. The van der Waals surface area contributed by atoms with E-state index in [9.17, 15) is 5.11 Å². The second-order valence-electron chi connectivity index (χ2n) is 4.96. The predicted octanol–water partition coefficient (Wildman–Crippen LogP) is 1.35. The highest BCUT2D eigenvalue weighted by atomic mass is 16.3. The van der Waals surface area contributed by atoms with Gasteiger partial charge >= 0.3 is 0 Å². The Bertz CT molecular complexity index is 343. The van der Waals surface area contributed by atoms with Crippen molar-refractivity contribution in [3.05, 3.63) is 30.1 Å². The highest BCUT2D eigenvalue weighted by Crippen LogP contribution is 2.22. The summed E-state index contributed by atoms with van der Waals surface area (Å²) in [6.07, 6.45) is 7.28. The molecule has 0 bridgehead atoms. The van der Waals surface area contributed by atoms with Crippen molar-refractivity contribution in [1.29, 1.82) is 0 Å². The van der Waals surface area contributed by atoms with Crippen molar-refractivity contribution in [1.82, 2.24) is 9.88 Å². The molecule has 4 nitrogen and oxygen atoms in total. The Balaban J connectivity index is 1.94. The van der Waals surface area contributed by atoms with E-state index in [0.717, 1.165) is 24.9 Å². The Kier molecular flexibility index (Phi) is 5.11. The molecule has 1 saturated heterocycles. The smallest absolute Gasteiger partial charge is 0.0931 e. The fourth-order valence-electron chi connectivity index (χ4n) is 2.68. The summed E-state index contributed by atoms with van der Waals surface area (Å²) in [6.45, 7) is 1.88. The van der Waals surface area contributed by atoms with E-state index in [1.807, 2.05) is 12.1 Å². The Morgan fingerprint density at radius 3 is 3.06 bits per heavy atom. The molecule has 2 heterocycles. The van der Waals surface area contributed by atoms with E-state index in [0.29, 0.717) is 12.6 Å². The average Bonchev–Trinajstić information content (AvgIpc) is 2.42. The van der Waals surface area contributed by atoms with Crippen LogP contribution in [0.1, 0.15) is 37.4 Å². The van der Waals surface area contributed by atoms with Crippen LogP contribution < -0.4 is 0 Å². The lowest BCUT2D eigenvalue weighted by atomic mass is 9.98. The van der Waals surface area contributed by atoms with E-state index in [1.165, 1.54) is 12.8 Å². The van der Waals surface area contributed by atoms with Crippen LogP contribution in [0.25, 0.3) is 0 Å². The highest BCUT2D eigenvalue weighted by molar-refractivity contribution is 5.12. The number of rotatable bonds is 5. The largest absolute Gasteiger partial charge is 0.396 e. The van der Waals surface area contributed by atoms with Gasteiger partial charge in [0, 0.05) is 37.2 Å². The van der Waals surface area contributed by atoms with E-state index in [1.54, 1.807) is 12.4 Å². The molecule has 2 N–H and O–H groups in total. The lowest BCUT2D eigenvalue weighted by molar-refractivity contribution is 0.0563. The van der Waals surface area contributed by atoms with Crippen LogP contribution in [0.5, 0.6) is 0 Å². The van der Waals surface area contributed by atoms with Crippen LogP contribution in [0.4, 0.5) is 0 Å². The van der Waals surface area contributed by atoms with Gasteiger partial charge < -0.3 is 10.2 Å². The molecule has 1 aromatic rings. The second kappa shape index (κ2) is 6.83. The maximum atomic E-state index is 10.2.